The van der Waals surface area contributed by atoms with Gasteiger partial charge in [-0.25, -0.2) is 4.79 Å². The summed E-state index contributed by atoms with van der Waals surface area (Å²) in [4.78, 5) is 14.6. The van der Waals surface area contributed by atoms with Crippen LogP contribution in [0.5, 0.6) is 0 Å². The SMILES string of the molecule is CCCCC(CC)CNC(=O)N(c1ccccc1)c1ccccc1. The van der Waals surface area contributed by atoms with Crippen LogP contribution in [0.25, 0.3) is 0 Å². The summed E-state index contributed by atoms with van der Waals surface area (Å²) in [6.07, 6.45) is 4.68. The zero-order valence-corrected chi connectivity index (χ0v) is 14.7. The molecule has 1 N–H and O–H groups in total. The fourth-order valence-electron chi connectivity index (χ4n) is 2.79. The molecule has 0 spiro atoms. The van der Waals surface area contributed by atoms with E-state index in [1.54, 1.807) is 4.90 Å². The molecular formula is C21H28N2O. The zero-order valence-electron chi connectivity index (χ0n) is 14.7. The smallest absolute Gasteiger partial charge is 0.326 e. The number of unbranched alkanes of at least 4 members (excludes halogenated alkanes) is 1. The van der Waals surface area contributed by atoms with Crippen LogP contribution in [0.4, 0.5) is 16.2 Å². The molecule has 0 aliphatic heterocycles. The predicted octanol–water partition coefficient (Wildman–Crippen LogP) is 5.75. The lowest BCUT2D eigenvalue weighted by Gasteiger charge is -2.25. The number of nitrogens with one attached hydrogen (secondary N) is 1. The summed E-state index contributed by atoms with van der Waals surface area (Å²) < 4.78 is 0. The van der Waals surface area contributed by atoms with Gasteiger partial charge in [-0.15, -0.1) is 0 Å². The molecule has 3 heteroatoms. The van der Waals surface area contributed by atoms with Gasteiger partial charge in [0.05, 0.1) is 11.4 Å². The van der Waals surface area contributed by atoms with Crippen LogP contribution in [0.1, 0.15) is 39.5 Å². The molecule has 0 fully saturated rings. The van der Waals surface area contributed by atoms with Crippen molar-refractivity contribution < 1.29 is 4.79 Å². The molecular weight excluding hydrogens is 296 g/mol. The van der Waals surface area contributed by atoms with E-state index < -0.39 is 0 Å². The molecule has 128 valence electrons. The quantitative estimate of drug-likeness (QED) is 0.658. The molecule has 1 atom stereocenters. The molecule has 2 aromatic carbocycles. The number of hydrogen-bond donors (Lipinski definition) is 1. The maximum atomic E-state index is 12.9. The van der Waals surface area contributed by atoms with E-state index in [9.17, 15) is 4.79 Å². The third-order valence-electron chi connectivity index (χ3n) is 4.32. The number of amides is 2. The van der Waals surface area contributed by atoms with Crippen LogP contribution in [0.3, 0.4) is 0 Å². The number of anilines is 2. The highest BCUT2D eigenvalue weighted by Gasteiger charge is 2.18. The Labute approximate surface area is 145 Å². The van der Waals surface area contributed by atoms with Crippen molar-refractivity contribution in [3.63, 3.8) is 0 Å². The van der Waals surface area contributed by atoms with Gasteiger partial charge in [0, 0.05) is 6.54 Å². The van der Waals surface area contributed by atoms with E-state index >= 15 is 0 Å². The Hall–Kier alpha value is -2.29. The minimum atomic E-state index is -0.0673. The zero-order chi connectivity index (χ0) is 17.2. The van der Waals surface area contributed by atoms with Gasteiger partial charge in [0.2, 0.25) is 0 Å². The van der Waals surface area contributed by atoms with Gasteiger partial charge >= 0.3 is 6.03 Å². The molecule has 2 amide bonds. The van der Waals surface area contributed by atoms with E-state index in [1.807, 2.05) is 60.7 Å². The first kappa shape index (κ1) is 18.1. The molecule has 2 aromatic rings. The van der Waals surface area contributed by atoms with Crippen LogP contribution in [0.2, 0.25) is 0 Å². The van der Waals surface area contributed by atoms with E-state index in [1.165, 1.54) is 19.3 Å². The Kier molecular flexibility index (Phi) is 7.34. The third-order valence-corrected chi connectivity index (χ3v) is 4.32. The highest BCUT2D eigenvalue weighted by atomic mass is 16.2. The molecule has 0 saturated heterocycles. The fourth-order valence-corrected chi connectivity index (χ4v) is 2.79. The Bertz CT molecular complexity index is 558. The van der Waals surface area contributed by atoms with Crippen LogP contribution in [0.15, 0.2) is 60.7 Å². The summed E-state index contributed by atoms with van der Waals surface area (Å²) in [6, 6.07) is 19.5. The van der Waals surface area contributed by atoms with Gasteiger partial charge in [0.1, 0.15) is 0 Å². The first-order valence-electron chi connectivity index (χ1n) is 8.94. The lowest BCUT2D eigenvalue weighted by atomic mass is 9.99. The Morgan fingerprint density at radius 2 is 1.50 bits per heavy atom. The molecule has 0 aromatic heterocycles. The topological polar surface area (TPSA) is 32.3 Å². The highest BCUT2D eigenvalue weighted by molar-refractivity contribution is 5.99. The minimum Gasteiger partial charge on any atom is -0.337 e. The second kappa shape index (κ2) is 9.76. The van der Waals surface area contributed by atoms with Gasteiger partial charge in [0.25, 0.3) is 0 Å². The average molecular weight is 324 g/mol. The molecule has 0 bridgehead atoms. The van der Waals surface area contributed by atoms with E-state index in [-0.39, 0.29) is 6.03 Å². The predicted molar refractivity (Wildman–Crippen MR) is 102 cm³/mol. The van der Waals surface area contributed by atoms with Crippen molar-refractivity contribution in [1.29, 1.82) is 0 Å². The Balaban J connectivity index is 2.11. The largest absolute Gasteiger partial charge is 0.337 e. The highest BCUT2D eigenvalue weighted by Crippen LogP contribution is 2.25. The first-order chi connectivity index (χ1) is 11.8. The van der Waals surface area contributed by atoms with E-state index in [2.05, 4.69) is 19.2 Å². The maximum absolute atomic E-state index is 12.9. The monoisotopic (exact) mass is 324 g/mol. The normalized spacial score (nSPS) is 11.8. The summed E-state index contributed by atoms with van der Waals surface area (Å²) in [5.74, 6) is 0.544. The molecule has 24 heavy (non-hydrogen) atoms. The van der Waals surface area contributed by atoms with Gasteiger partial charge in [0.15, 0.2) is 0 Å². The number of urea groups is 1. The van der Waals surface area contributed by atoms with Crippen LogP contribution >= 0.6 is 0 Å². The summed E-state index contributed by atoms with van der Waals surface area (Å²) in [5, 5.41) is 3.13. The summed E-state index contributed by atoms with van der Waals surface area (Å²) in [6.45, 7) is 5.13. The van der Waals surface area contributed by atoms with Crippen molar-refractivity contribution in [3.8, 4) is 0 Å². The van der Waals surface area contributed by atoms with Gasteiger partial charge in [-0.1, -0.05) is 69.5 Å². The van der Waals surface area contributed by atoms with E-state index in [0.29, 0.717) is 5.92 Å². The van der Waals surface area contributed by atoms with Crippen LogP contribution < -0.4 is 10.2 Å². The molecule has 0 radical (unpaired) electrons. The molecule has 3 nitrogen and oxygen atoms in total. The van der Waals surface area contributed by atoms with Gasteiger partial charge in [-0.3, -0.25) is 4.90 Å². The van der Waals surface area contributed by atoms with E-state index in [4.69, 9.17) is 0 Å². The van der Waals surface area contributed by atoms with Gasteiger partial charge < -0.3 is 5.32 Å². The number of rotatable bonds is 8. The molecule has 0 aliphatic rings. The summed E-state index contributed by atoms with van der Waals surface area (Å²) >= 11 is 0. The number of nitrogens with zero attached hydrogens (tertiary/aromatic N) is 1. The number of para-hydroxylation sites is 2. The lowest BCUT2D eigenvalue weighted by molar-refractivity contribution is 0.246. The van der Waals surface area contributed by atoms with Crippen molar-refractivity contribution in [2.24, 2.45) is 5.92 Å². The van der Waals surface area contributed by atoms with Crippen LogP contribution in [0, 0.1) is 5.92 Å². The molecule has 1 unspecified atom stereocenters. The minimum absolute atomic E-state index is 0.0673. The molecule has 0 aliphatic carbocycles. The van der Waals surface area contributed by atoms with Crippen LogP contribution in [-0.2, 0) is 0 Å². The maximum Gasteiger partial charge on any atom is 0.326 e. The fraction of sp³-hybridized carbons (Fsp3) is 0.381. The number of carbonyl (C=O) groups excluding carboxylic acids is 1. The molecule has 2 rings (SSSR count). The van der Waals surface area contributed by atoms with Crippen molar-refractivity contribution in [3.05, 3.63) is 60.7 Å². The second-order valence-corrected chi connectivity index (χ2v) is 6.11. The third kappa shape index (κ3) is 5.12. The van der Waals surface area contributed by atoms with Crippen molar-refractivity contribution >= 4 is 17.4 Å². The summed E-state index contributed by atoms with van der Waals surface area (Å²) in [5.41, 5.74) is 1.76. The van der Waals surface area contributed by atoms with Crippen molar-refractivity contribution in [2.45, 2.75) is 39.5 Å². The Morgan fingerprint density at radius 1 is 0.958 bits per heavy atom. The number of carbonyl (C=O) groups is 1. The second-order valence-electron chi connectivity index (χ2n) is 6.11. The standard InChI is InChI=1S/C21H28N2O/c1-3-5-12-18(4-2)17-22-21(24)23(19-13-8-6-9-14-19)20-15-10-7-11-16-20/h6-11,13-16,18H,3-5,12,17H2,1-2H3,(H,22,24). The molecule has 0 saturated carbocycles. The molecule has 0 heterocycles. The van der Waals surface area contributed by atoms with E-state index in [0.717, 1.165) is 24.3 Å². The number of hydrogen-bond acceptors (Lipinski definition) is 1. The van der Waals surface area contributed by atoms with Gasteiger partial charge in [-0.2, -0.15) is 0 Å². The lowest BCUT2D eigenvalue weighted by Crippen LogP contribution is -2.39. The Morgan fingerprint density at radius 3 is 1.96 bits per heavy atom. The average Bonchev–Trinajstić information content (AvgIpc) is 2.64. The van der Waals surface area contributed by atoms with Crippen LogP contribution in [-0.4, -0.2) is 12.6 Å². The first-order valence-corrected chi connectivity index (χ1v) is 8.94. The van der Waals surface area contributed by atoms with Crippen molar-refractivity contribution in [2.75, 3.05) is 11.4 Å². The van der Waals surface area contributed by atoms with Crippen molar-refractivity contribution in [1.82, 2.24) is 5.32 Å². The summed E-state index contributed by atoms with van der Waals surface area (Å²) in [7, 11) is 0. The van der Waals surface area contributed by atoms with Gasteiger partial charge in [-0.05, 0) is 36.6 Å². The number of benzene rings is 2.